The third-order valence-corrected chi connectivity index (χ3v) is 6.78. The Hall–Kier alpha value is -3.68. The average Bonchev–Trinajstić information content (AvgIpc) is 3.48. The summed E-state index contributed by atoms with van der Waals surface area (Å²) < 4.78 is 5.61. The molecule has 8 heteroatoms. The highest BCUT2D eigenvalue weighted by Crippen LogP contribution is 2.45. The lowest BCUT2D eigenvalue weighted by Gasteiger charge is -2.26. The van der Waals surface area contributed by atoms with E-state index in [9.17, 15) is 9.59 Å². The second kappa shape index (κ2) is 8.03. The maximum absolute atomic E-state index is 13.2. The van der Waals surface area contributed by atoms with E-state index in [1.165, 1.54) is 0 Å². The molecule has 3 heterocycles. The normalized spacial score (nSPS) is 21.8. The number of fused-ring (bicyclic) bond motifs is 1. The minimum absolute atomic E-state index is 0.00915. The fourth-order valence-electron chi connectivity index (χ4n) is 5.09. The SMILES string of the molecule is Cc1ccc(NC(=O)N2CC3CN(C(=O)c4ccccc4)CC3(c3nc(C)no3)C2)c(C)c1. The number of nitrogens with zero attached hydrogens (tertiary/aromatic N) is 4. The number of aromatic nitrogens is 2. The first-order valence-corrected chi connectivity index (χ1v) is 11.1. The van der Waals surface area contributed by atoms with Gasteiger partial charge in [-0.25, -0.2) is 4.79 Å². The van der Waals surface area contributed by atoms with Crippen molar-refractivity contribution in [3.05, 3.63) is 76.9 Å². The van der Waals surface area contributed by atoms with Crippen molar-refractivity contribution in [1.82, 2.24) is 19.9 Å². The highest BCUT2D eigenvalue weighted by Gasteiger charge is 2.58. The van der Waals surface area contributed by atoms with Crippen molar-refractivity contribution in [3.8, 4) is 0 Å². The Labute approximate surface area is 192 Å². The van der Waals surface area contributed by atoms with Gasteiger partial charge in [0.1, 0.15) is 0 Å². The monoisotopic (exact) mass is 445 g/mol. The molecule has 0 radical (unpaired) electrons. The molecule has 2 atom stereocenters. The van der Waals surface area contributed by atoms with E-state index in [2.05, 4.69) is 15.5 Å². The second-order valence-corrected chi connectivity index (χ2v) is 9.18. The van der Waals surface area contributed by atoms with Gasteiger partial charge in [0.2, 0.25) is 5.89 Å². The Morgan fingerprint density at radius 2 is 1.76 bits per heavy atom. The van der Waals surface area contributed by atoms with E-state index in [0.29, 0.717) is 43.5 Å². The molecule has 0 spiro atoms. The number of nitrogens with one attached hydrogen (secondary N) is 1. The van der Waals surface area contributed by atoms with Gasteiger partial charge in [-0.05, 0) is 44.5 Å². The standard InChI is InChI=1S/C25H27N5O3/c1-16-9-10-21(17(2)11-16)27-24(32)30-13-20-12-29(22(31)19-7-5-4-6-8-19)14-25(20,15-30)23-26-18(3)28-33-23/h4-11,20H,12-15H2,1-3H3,(H,27,32). The summed E-state index contributed by atoms with van der Waals surface area (Å²) in [7, 11) is 0. The number of rotatable bonds is 3. The maximum Gasteiger partial charge on any atom is 0.321 e. The average molecular weight is 446 g/mol. The van der Waals surface area contributed by atoms with Crippen molar-refractivity contribution in [1.29, 1.82) is 0 Å². The van der Waals surface area contributed by atoms with Crippen LogP contribution in [0.5, 0.6) is 0 Å². The molecule has 0 aliphatic carbocycles. The quantitative estimate of drug-likeness (QED) is 0.666. The molecule has 2 aromatic carbocycles. The van der Waals surface area contributed by atoms with Crippen LogP contribution in [0.2, 0.25) is 0 Å². The molecule has 5 rings (SSSR count). The van der Waals surface area contributed by atoms with Crippen molar-refractivity contribution in [3.63, 3.8) is 0 Å². The molecule has 3 aromatic rings. The van der Waals surface area contributed by atoms with Crippen molar-refractivity contribution >= 4 is 17.6 Å². The number of benzene rings is 2. The van der Waals surface area contributed by atoms with Crippen LogP contribution in [0, 0.1) is 26.7 Å². The van der Waals surface area contributed by atoms with Crippen LogP contribution in [-0.4, -0.2) is 58.1 Å². The van der Waals surface area contributed by atoms with Crippen LogP contribution in [0.4, 0.5) is 10.5 Å². The molecular weight excluding hydrogens is 418 g/mol. The lowest BCUT2D eigenvalue weighted by Crippen LogP contribution is -2.42. The summed E-state index contributed by atoms with van der Waals surface area (Å²) in [6.07, 6.45) is 0. The molecule has 8 nitrogen and oxygen atoms in total. The molecule has 0 bridgehead atoms. The summed E-state index contributed by atoms with van der Waals surface area (Å²) >= 11 is 0. The lowest BCUT2D eigenvalue weighted by atomic mass is 9.81. The van der Waals surface area contributed by atoms with E-state index >= 15 is 0 Å². The van der Waals surface area contributed by atoms with Crippen molar-refractivity contribution in [2.75, 3.05) is 31.5 Å². The number of aryl methyl sites for hydroxylation is 3. The zero-order valence-corrected chi connectivity index (χ0v) is 19.0. The van der Waals surface area contributed by atoms with Crippen molar-refractivity contribution < 1.29 is 14.1 Å². The van der Waals surface area contributed by atoms with Gasteiger partial charge in [-0.15, -0.1) is 0 Å². The van der Waals surface area contributed by atoms with Gasteiger partial charge in [0.05, 0.1) is 5.41 Å². The van der Waals surface area contributed by atoms with Crippen molar-refractivity contribution in [2.24, 2.45) is 5.92 Å². The Morgan fingerprint density at radius 3 is 2.45 bits per heavy atom. The first-order chi connectivity index (χ1) is 15.9. The Kier molecular flexibility index (Phi) is 5.15. The fourth-order valence-corrected chi connectivity index (χ4v) is 5.09. The Morgan fingerprint density at radius 1 is 1.03 bits per heavy atom. The minimum atomic E-state index is -0.578. The summed E-state index contributed by atoms with van der Waals surface area (Å²) in [5.74, 6) is 1.03. The Bertz CT molecular complexity index is 1210. The molecule has 2 unspecified atom stereocenters. The van der Waals surface area contributed by atoms with E-state index < -0.39 is 5.41 Å². The number of amides is 3. The summed E-state index contributed by atoms with van der Waals surface area (Å²) in [5, 5.41) is 7.04. The molecule has 2 aliphatic rings. The highest BCUT2D eigenvalue weighted by molar-refractivity contribution is 5.95. The third kappa shape index (κ3) is 3.75. The molecule has 1 aromatic heterocycles. The minimum Gasteiger partial charge on any atom is -0.339 e. The molecule has 1 N–H and O–H groups in total. The largest absolute Gasteiger partial charge is 0.339 e. The van der Waals surface area contributed by atoms with Gasteiger partial charge in [-0.1, -0.05) is 41.1 Å². The van der Waals surface area contributed by atoms with Crippen molar-refractivity contribution in [2.45, 2.75) is 26.2 Å². The van der Waals surface area contributed by atoms with E-state index in [0.717, 1.165) is 16.8 Å². The summed E-state index contributed by atoms with van der Waals surface area (Å²) in [6.45, 7) is 7.67. The number of carbonyl (C=O) groups excluding carboxylic acids is 2. The molecule has 2 fully saturated rings. The molecule has 170 valence electrons. The third-order valence-electron chi connectivity index (χ3n) is 6.78. The molecule has 0 saturated carbocycles. The van der Waals surface area contributed by atoms with Crippen LogP contribution < -0.4 is 5.32 Å². The van der Waals surface area contributed by atoms with E-state index in [1.54, 1.807) is 11.8 Å². The molecular formula is C25H27N5O3. The number of carbonyl (C=O) groups is 2. The smallest absolute Gasteiger partial charge is 0.321 e. The van der Waals surface area contributed by atoms with E-state index in [4.69, 9.17) is 4.52 Å². The zero-order valence-electron chi connectivity index (χ0n) is 19.0. The number of anilines is 1. The molecule has 3 amide bonds. The van der Waals surface area contributed by atoms with Gasteiger partial charge >= 0.3 is 6.03 Å². The summed E-state index contributed by atoms with van der Waals surface area (Å²) in [4.78, 5) is 34.5. The predicted octanol–water partition coefficient (Wildman–Crippen LogP) is 3.55. The second-order valence-electron chi connectivity index (χ2n) is 9.18. The van der Waals surface area contributed by atoms with Gasteiger partial charge in [-0.3, -0.25) is 4.79 Å². The molecule has 33 heavy (non-hydrogen) atoms. The molecule has 2 saturated heterocycles. The highest BCUT2D eigenvalue weighted by atomic mass is 16.5. The number of likely N-dealkylation sites (tertiary alicyclic amines) is 2. The molecule has 2 aliphatic heterocycles. The van der Waals surface area contributed by atoms with Crippen LogP contribution in [0.25, 0.3) is 0 Å². The van der Waals surface area contributed by atoms with Crippen LogP contribution >= 0.6 is 0 Å². The lowest BCUT2D eigenvalue weighted by molar-refractivity contribution is 0.0770. The first kappa shape index (κ1) is 21.2. The number of hydrogen-bond donors (Lipinski definition) is 1. The summed E-state index contributed by atoms with van der Waals surface area (Å²) in [6, 6.07) is 15.1. The first-order valence-electron chi connectivity index (χ1n) is 11.1. The van der Waals surface area contributed by atoms with E-state index in [-0.39, 0.29) is 17.9 Å². The predicted molar refractivity (Wildman–Crippen MR) is 123 cm³/mol. The fraction of sp³-hybridized carbons (Fsp3) is 0.360. The Balaban J connectivity index is 1.39. The van der Waals surface area contributed by atoms with Gasteiger partial charge < -0.3 is 19.6 Å². The number of hydrogen-bond acceptors (Lipinski definition) is 5. The van der Waals surface area contributed by atoms with Gasteiger partial charge in [0.25, 0.3) is 5.91 Å². The summed E-state index contributed by atoms with van der Waals surface area (Å²) in [5.41, 5.74) is 3.04. The zero-order chi connectivity index (χ0) is 23.2. The van der Waals surface area contributed by atoms with Gasteiger partial charge in [0, 0.05) is 43.3 Å². The van der Waals surface area contributed by atoms with Crippen LogP contribution in [0.3, 0.4) is 0 Å². The topological polar surface area (TPSA) is 91.6 Å². The van der Waals surface area contributed by atoms with Crippen LogP contribution in [-0.2, 0) is 5.41 Å². The van der Waals surface area contributed by atoms with Crippen LogP contribution in [0.15, 0.2) is 53.1 Å². The van der Waals surface area contributed by atoms with Crippen LogP contribution in [0.1, 0.15) is 33.2 Å². The number of urea groups is 1. The van der Waals surface area contributed by atoms with Gasteiger partial charge in [-0.2, -0.15) is 4.98 Å². The van der Waals surface area contributed by atoms with Gasteiger partial charge in [0.15, 0.2) is 5.82 Å². The maximum atomic E-state index is 13.2. The van der Waals surface area contributed by atoms with E-state index in [1.807, 2.05) is 67.3 Å².